The molecule has 0 heterocycles. The van der Waals surface area contributed by atoms with Crippen molar-refractivity contribution in [2.45, 2.75) is 37.2 Å². The second-order valence-corrected chi connectivity index (χ2v) is 6.00. The topological polar surface area (TPSA) is 52.5 Å². The van der Waals surface area contributed by atoms with Crippen LogP contribution in [0.25, 0.3) is 0 Å². The lowest BCUT2D eigenvalue weighted by Gasteiger charge is -2.18. The van der Waals surface area contributed by atoms with Gasteiger partial charge in [-0.1, -0.05) is 35.0 Å². The third kappa shape index (κ3) is 5.52. The van der Waals surface area contributed by atoms with Gasteiger partial charge < -0.3 is 15.5 Å². The van der Waals surface area contributed by atoms with E-state index in [1.807, 2.05) is 6.07 Å². The zero-order chi connectivity index (χ0) is 12.8. The van der Waals surface area contributed by atoms with Crippen LogP contribution in [-0.2, 0) is 0 Å². The van der Waals surface area contributed by atoms with Gasteiger partial charge in [0.2, 0.25) is 0 Å². The van der Waals surface area contributed by atoms with Crippen LogP contribution in [0.2, 0.25) is 0 Å². The standard InChI is InChI=1S/C13H20BrNO2/c1-9(14)6-10(2)15-8-13(17)11-4-3-5-12(16)7-11/h3-5,7,9-10,13,15-17H,6,8H2,1-2H3. The van der Waals surface area contributed by atoms with Crippen LogP contribution >= 0.6 is 15.9 Å². The molecule has 96 valence electrons. The van der Waals surface area contributed by atoms with Gasteiger partial charge in [0.05, 0.1) is 6.10 Å². The van der Waals surface area contributed by atoms with Gasteiger partial charge >= 0.3 is 0 Å². The summed E-state index contributed by atoms with van der Waals surface area (Å²) in [5, 5.41) is 22.5. The number of halogens is 1. The number of aliphatic hydroxyl groups is 1. The SMILES string of the molecule is CC(Br)CC(C)NCC(O)c1cccc(O)c1. The van der Waals surface area contributed by atoms with Gasteiger partial charge in [-0.05, 0) is 31.0 Å². The molecule has 0 saturated carbocycles. The Balaban J connectivity index is 2.42. The van der Waals surface area contributed by atoms with E-state index in [4.69, 9.17) is 0 Å². The molecule has 1 aromatic carbocycles. The maximum Gasteiger partial charge on any atom is 0.115 e. The van der Waals surface area contributed by atoms with Gasteiger partial charge in [-0.15, -0.1) is 0 Å². The van der Waals surface area contributed by atoms with E-state index in [2.05, 4.69) is 35.1 Å². The Hall–Kier alpha value is -0.580. The summed E-state index contributed by atoms with van der Waals surface area (Å²) in [4.78, 5) is 0.461. The summed E-state index contributed by atoms with van der Waals surface area (Å²) >= 11 is 3.50. The van der Waals surface area contributed by atoms with Crippen LogP contribution in [-0.4, -0.2) is 27.6 Å². The summed E-state index contributed by atoms with van der Waals surface area (Å²) in [6.45, 7) is 4.68. The van der Waals surface area contributed by atoms with Gasteiger partial charge in [0.1, 0.15) is 5.75 Å². The molecule has 3 nitrogen and oxygen atoms in total. The Morgan fingerprint density at radius 3 is 2.65 bits per heavy atom. The molecular weight excluding hydrogens is 282 g/mol. The molecule has 0 fully saturated rings. The Labute approximate surface area is 111 Å². The Morgan fingerprint density at radius 2 is 2.06 bits per heavy atom. The van der Waals surface area contributed by atoms with Crippen molar-refractivity contribution in [1.29, 1.82) is 0 Å². The quantitative estimate of drug-likeness (QED) is 0.708. The molecule has 0 saturated heterocycles. The molecule has 0 spiro atoms. The minimum Gasteiger partial charge on any atom is -0.508 e. The van der Waals surface area contributed by atoms with Crippen molar-refractivity contribution in [1.82, 2.24) is 5.32 Å². The third-order valence-electron chi connectivity index (χ3n) is 2.59. The number of aromatic hydroxyl groups is 1. The molecule has 1 rings (SSSR count). The summed E-state index contributed by atoms with van der Waals surface area (Å²) in [7, 11) is 0. The Kier molecular flexibility index (Phi) is 5.95. The first kappa shape index (κ1) is 14.5. The summed E-state index contributed by atoms with van der Waals surface area (Å²) in [5.41, 5.74) is 0.733. The number of nitrogens with one attached hydrogen (secondary N) is 1. The monoisotopic (exact) mass is 301 g/mol. The number of phenolic OH excluding ortho intramolecular Hbond substituents is 1. The molecule has 3 unspecified atom stereocenters. The van der Waals surface area contributed by atoms with E-state index >= 15 is 0 Å². The highest BCUT2D eigenvalue weighted by molar-refractivity contribution is 9.09. The van der Waals surface area contributed by atoms with Gasteiger partial charge in [-0.3, -0.25) is 0 Å². The van der Waals surface area contributed by atoms with E-state index in [0.717, 1.165) is 12.0 Å². The fourth-order valence-corrected chi connectivity index (χ4v) is 2.29. The zero-order valence-corrected chi connectivity index (χ0v) is 11.8. The molecule has 0 aliphatic heterocycles. The lowest BCUT2D eigenvalue weighted by Crippen LogP contribution is -2.31. The van der Waals surface area contributed by atoms with E-state index < -0.39 is 6.10 Å². The number of alkyl halides is 1. The maximum atomic E-state index is 9.94. The molecule has 0 aliphatic rings. The Bertz CT molecular complexity index is 344. The van der Waals surface area contributed by atoms with E-state index in [1.165, 1.54) is 0 Å². The number of hydrogen-bond donors (Lipinski definition) is 3. The molecule has 3 N–H and O–H groups in total. The number of rotatable bonds is 6. The molecule has 17 heavy (non-hydrogen) atoms. The first-order valence-electron chi connectivity index (χ1n) is 5.83. The predicted molar refractivity (Wildman–Crippen MR) is 73.5 cm³/mol. The van der Waals surface area contributed by atoms with Crippen LogP contribution in [0.15, 0.2) is 24.3 Å². The van der Waals surface area contributed by atoms with Crippen LogP contribution in [0.3, 0.4) is 0 Å². The number of phenols is 1. The second-order valence-electron chi connectivity index (χ2n) is 4.44. The van der Waals surface area contributed by atoms with Crippen molar-refractivity contribution in [2.24, 2.45) is 0 Å². The van der Waals surface area contributed by atoms with Crippen molar-refractivity contribution in [3.05, 3.63) is 29.8 Å². The average molecular weight is 302 g/mol. The summed E-state index contributed by atoms with van der Waals surface area (Å²) in [6.07, 6.45) is 0.419. The minimum atomic E-state index is -0.588. The predicted octanol–water partition coefficient (Wildman–Crippen LogP) is 2.58. The minimum absolute atomic E-state index is 0.184. The fraction of sp³-hybridized carbons (Fsp3) is 0.538. The van der Waals surface area contributed by atoms with Crippen LogP contribution in [0.1, 0.15) is 31.9 Å². The average Bonchev–Trinajstić information content (AvgIpc) is 2.25. The van der Waals surface area contributed by atoms with E-state index in [0.29, 0.717) is 17.4 Å². The zero-order valence-electron chi connectivity index (χ0n) is 10.2. The smallest absolute Gasteiger partial charge is 0.115 e. The van der Waals surface area contributed by atoms with Gasteiger partial charge in [-0.2, -0.15) is 0 Å². The van der Waals surface area contributed by atoms with Gasteiger partial charge in [0.25, 0.3) is 0 Å². The van der Waals surface area contributed by atoms with Gasteiger partial charge in [0.15, 0.2) is 0 Å². The van der Waals surface area contributed by atoms with Crippen molar-refractivity contribution >= 4 is 15.9 Å². The van der Waals surface area contributed by atoms with Crippen molar-refractivity contribution < 1.29 is 10.2 Å². The van der Waals surface area contributed by atoms with E-state index in [1.54, 1.807) is 18.2 Å². The largest absolute Gasteiger partial charge is 0.508 e. The molecule has 0 aliphatic carbocycles. The van der Waals surface area contributed by atoms with Gasteiger partial charge in [-0.25, -0.2) is 0 Å². The lowest BCUT2D eigenvalue weighted by atomic mass is 10.1. The fourth-order valence-electron chi connectivity index (χ4n) is 1.73. The summed E-state index contributed by atoms with van der Waals surface area (Å²) < 4.78 is 0. The summed E-state index contributed by atoms with van der Waals surface area (Å²) in [6, 6.07) is 7.07. The molecule has 0 radical (unpaired) electrons. The second kappa shape index (κ2) is 6.99. The molecular formula is C13H20BrNO2. The highest BCUT2D eigenvalue weighted by Gasteiger charge is 2.11. The molecule has 3 atom stereocenters. The molecule has 0 amide bonds. The molecule has 0 aromatic heterocycles. The number of aliphatic hydroxyl groups excluding tert-OH is 1. The van der Waals surface area contributed by atoms with Crippen LogP contribution < -0.4 is 5.32 Å². The first-order chi connectivity index (χ1) is 7.99. The van der Waals surface area contributed by atoms with E-state index in [9.17, 15) is 10.2 Å². The third-order valence-corrected chi connectivity index (χ3v) is 2.97. The molecule has 0 bridgehead atoms. The van der Waals surface area contributed by atoms with Crippen LogP contribution in [0.4, 0.5) is 0 Å². The number of hydrogen-bond acceptors (Lipinski definition) is 3. The van der Waals surface area contributed by atoms with Crippen molar-refractivity contribution in [3.63, 3.8) is 0 Å². The highest BCUT2D eigenvalue weighted by Crippen LogP contribution is 2.17. The normalized spacial score (nSPS) is 16.5. The van der Waals surface area contributed by atoms with Crippen molar-refractivity contribution in [3.8, 4) is 5.75 Å². The molecule has 1 aromatic rings. The first-order valence-corrected chi connectivity index (χ1v) is 6.75. The highest BCUT2D eigenvalue weighted by atomic mass is 79.9. The van der Waals surface area contributed by atoms with Crippen LogP contribution in [0.5, 0.6) is 5.75 Å². The van der Waals surface area contributed by atoms with Gasteiger partial charge in [0, 0.05) is 17.4 Å². The Morgan fingerprint density at radius 1 is 1.35 bits per heavy atom. The molecule has 4 heteroatoms. The van der Waals surface area contributed by atoms with Crippen molar-refractivity contribution in [2.75, 3.05) is 6.54 Å². The maximum absolute atomic E-state index is 9.94. The summed E-state index contributed by atoms with van der Waals surface area (Å²) in [5.74, 6) is 0.184. The number of benzene rings is 1. The lowest BCUT2D eigenvalue weighted by molar-refractivity contribution is 0.169. The van der Waals surface area contributed by atoms with E-state index in [-0.39, 0.29) is 5.75 Å². The van der Waals surface area contributed by atoms with Crippen LogP contribution in [0, 0.1) is 0 Å².